The van der Waals surface area contributed by atoms with Gasteiger partial charge in [0, 0.05) is 24.1 Å². The molecule has 0 saturated heterocycles. The van der Waals surface area contributed by atoms with Crippen molar-refractivity contribution in [2.75, 3.05) is 32.0 Å². The van der Waals surface area contributed by atoms with Gasteiger partial charge in [0.2, 0.25) is 5.91 Å². The summed E-state index contributed by atoms with van der Waals surface area (Å²) in [6.07, 6.45) is -0.0718. The summed E-state index contributed by atoms with van der Waals surface area (Å²) in [7, 11) is 4.15. The van der Waals surface area contributed by atoms with Crippen LogP contribution in [0.25, 0.3) is 0 Å². The quantitative estimate of drug-likeness (QED) is 0.676. The lowest BCUT2D eigenvalue weighted by Gasteiger charge is -2.16. The van der Waals surface area contributed by atoms with Gasteiger partial charge in [-0.1, -0.05) is 18.2 Å². The predicted molar refractivity (Wildman–Crippen MR) is 104 cm³/mol. The van der Waals surface area contributed by atoms with Crippen LogP contribution in [-0.4, -0.2) is 39.1 Å². The monoisotopic (exact) mass is 386 g/mol. The van der Waals surface area contributed by atoms with Crippen molar-refractivity contribution in [2.45, 2.75) is 12.8 Å². The Labute approximate surface area is 162 Å². The number of hydrogen-bond acceptors (Lipinski definition) is 6. The van der Waals surface area contributed by atoms with Gasteiger partial charge in [0.1, 0.15) is 11.5 Å². The van der Waals surface area contributed by atoms with Crippen molar-refractivity contribution in [1.29, 1.82) is 0 Å². The van der Waals surface area contributed by atoms with Crippen LogP contribution >= 0.6 is 0 Å². The number of anilines is 2. The lowest BCUT2D eigenvalue weighted by Crippen LogP contribution is -2.16. The standard InChI is InChI=1S/C20H22N2O6/c1-26-16-12-15(22-20(25)13-7-5-4-6-8-13)17(27-2)11-14(16)21-18(23)9-10-19(24)28-3/h4-8,11-12H,9-10H2,1-3H3,(H,21,23)(H,22,25). The average molecular weight is 386 g/mol. The fourth-order valence-corrected chi connectivity index (χ4v) is 2.41. The molecule has 2 aromatic rings. The minimum Gasteiger partial charge on any atom is -0.494 e. The van der Waals surface area contributed by atoms with Gasteiger partial charge >= 0.3 is 5.97 Å². The molecule has 0 fully saturated rings. The summed E-state index contributed by atoms with van der Waals surface area (Å²) >= 11 is 0. The molecule has 2 N–H and O–H groups in total. The van der Waals surface area contributed by atoms with E-state index in [4.69, 9.17) is 9.47 Å². The second-order valence-electron chi connectivity index (χ2n) is 5.70. The van der Waals surface area contributed by atoms with Crippen molar-refractivity contribution in [3.05, 3.63) is 48.0 Å². The molecule has 0 spiro atoms. The average Bonchev–Trinajstić information content (AvgIpc) is 2.73. The van der Waals surface area contributed by atoms with E-state index in [2.05, 4.69) is 15.4 Å². The molecule has 2 aromatic carbocycles. The van der Waals surface area contributed by atoms with Gasteiger partial charge in [0.15, 0.2) is 0 Å². The molecule has 28 heavy (non-hydrogen) atoms. The van der Waals surface area contributed by atoms with Crippen LogP contribution in [0, 0.1) is 0 Å². The first-order chi connectivity index (χ1) is 13.5. The lowest BCUT2D eigenvalue weighted by atomic mass is 10.2. The molecule has 8 heteroatoms. The van der Waals surface area contributed by atoms with Crippen LogP contribution in [0.1, 0.15) is 23.2 Å². The lowest BCUT2D eigenvalue weighted by molar-refractivity contribution is -0.141. The van der Waals surface area contributed by atoms with Crippen LogP contribution in [0.5, 0.6) is 11.5 Å². The zero-order chi connectivity index (χ0) is 20.5. The Morgan fingerprint density at radius 3 is 1.93 bits per heavy atom. The van der Waals surface area contributed by atoms with Crippen molar-refractivity contribution >= 4 is 29.2 Å². The van der Waals surface area contributed by atoms with Crippen molar-refractivity contribution < 1.29 is 28.6 Å². The van der Waals surface area contributed by atoms with Crippen molar-refractivity contribution in [2.24, 2.45) is 0 Å². The van der Waals surface area contributed by atoms with E-state index in [0.29, 0.717) is 28.4 Å². The molecule has 2 amide bonds. The second kappa shape index (κ2) is 9.96. The zero-order valence-electron chi connectivity index (χ0n) is 15.9. The van der Waals surface area contributed by atoms with Gasteiger partial charge < -0.3 is 24.8 Å². The highest BCUT2D eigenvalue weighted by molar-refractivity contribution is 6.05. The number of methoxy groups -OCH3 is 3. The van der Waals surface area contributed by atoms with E-state index in [-0.39, 0.29) is 24.7 Å². The Balaban J connectivity index is 2.19. The van der Waals surface area contributed by atoms with E-state index < -0.39 is 5.97 Å². The summed E-state index contributed by atoms with van der Waals surface area (Å²) in [5.41, 5.74) is 1.23. The molecule has 0 aromatic heterocycles. The number of esters is 1. The van der Waals surface area contributed by atoms with Gasteiger partial charge in [-0.05, 0) is 12.1 Å². The first kappa shape index (κ1) is 20.8. The summed E-state index contributed by atoms with van der Waals surface area (Å²) in [5, 5.41) is 5.43. The summed E-state index contributed by atoms with van der Waals surface area (Å²) in [6, 6.07) is 11.8. The van der Waals surface area contributed by atoms with Crippen LogP contribution < -0.4 is 20.1 Å². The molecule has 0 radical (unpaired) electrons. The van der Waals surface area contributed by atoms with Crippen LogP contribution in [0.3, 0.4) is 0 Å². The SMILES string of the molecule is COC(=O)CCC(=O)Nc1cc(OC)c(NC(=O)c2ccccc2)cc1OC. The van der Waals surface area contributed by atoms with E-state index >= 15 is 0 Å². The minimum atomic E-state index is -0.473. The molecule has 0 bridgehead atoms. The van der Waals surface area contributed by atoms with Gasteiger partial charge in [0.05, 0.1) is 39.1 Å². The third-order valence-corrected chi connectivity index (χ3v) is 3.86. The summed E-state index contributed by atoms with van der Waals surface area (Å²) in [5.74, 6) is -0.495. The molecule has 0 saturated carbocycles. The number of rotatable bonds is 8. The summed E-state index contributed by atoms with van der Waals surface area (Å²) < 4.78 is 15.1. The topological polar surface area (TPSA) is 103 Å². The minimum absolute atomic E-state index is 0.0347. The Hall–Kier alpha value is -3.55. The normalized spacial score (nSPS) is 9.96. The highest BCUT2D eigenvalue weighted by Crippen LogP contribution is 2.36. The molecule has 0 aliphatic heterocycles. The molecule has 8 nitrogen and oxygen atoms in total. The number of ether oxygens (including phenoxy) is 3. The summed E-state index contributed by atoms with van der Waals surface area (Å²) in [4.78, 5) is 35.6. The Kier molecular flexibility index (Phi) is 7.38. The molecule has 0 aliphatic carbocycles. The maximum absolute atomic E-state index is 12.4. The van der Waals surface area contributed by atoms with E-state index in [1.807, 2.05) is 6.07 Å². The van der Waals surface area contributed by atoms with E-state index in [1.54, 1.807) is 30.3 Å². The third kappa shape index (κ3) is 5.47. The van der Waals surface area contributed by atoms with Crippen molar-refractivity contribution in [3.8, 4) is 11.5 Å². The smallest absolute Gasteiger partial charge is 0.306 e. The van der Waals surface area contributed by atoms with Crippen LogP contribution in [-0.2, 0) is 14.3 Å². The van der Waals surface area contributed by atoms with Crippen molar-refractivity contribution in [3.63, 3.8) is 0 Å². The number of nitrogens with one attached hydrogen (secondary N) is 2. The zero-order valence-corrected chi connectivity index (χ0v) is 15.9. The molecule has 2 rings (SSSR count). The van der Waals surface area contributed by atoms with E-state index in [9.17, 15) is 14.4 Å². The predicted octanol–water partition coefficient (Wildman–Crippen LogP) is 2.85. The molecular formula is C20H22N2O6. The Morgan fingerprint density at radius 1 is 0.821 bits per heavy atom. The van der Waals surface area contributed by atoms with Gasteiger partial charge in [0.25, 0.3) is 5.91 Å². The molecular weight excluding hydrogens is 364 g/mol. The Morgan fingerprint density at radius 2 is 1.39 bits per heavy atom. The first-order valence-electron chi connectivity index (χ1n) is 8.47. The molecule has 0 heterocycles. The highest BCUT2D eigenvalue weighted by Gasteiger charge is 2.16. The molecule has 0 unspecified atom stereocenters. The maximum atomic E-state index is 12.4. The number of benzene rings is 2. The number of carbonyl (C=O) groups is 3. The van der Waals surface area contributed by atoms with E-state index in [1.165, 1.54) is 27.4 Å². The summed E-state index contributed by atoms with van der Waals surface area (Å²) in [6.45, 7) is 0. The number of carbonyl (C=O) groups excluding carboxylic acids is 3. The van der Waals surface area contributed by atoms with Gasteiger partial charge in [-0.3, -0.25) is 14.4 Å². The molecule has 148 valence electrons. The first-order valence-corrected chi connectivity index (χ1v) is 8.47. The molecule has 0 aliphatic rings. The van der Waals surface area contributed by atoms with Crippen LogP contribution in [0.4, 0.5) is 11.4 Å². The van der Waals surface area contributed by atoms with Crippen molar-refractivity contribution in [1.82, 2.24) is 0 Å². The number of amides is 2. The molecule has 0 atom stereocenters. The fourth-order valence-electron chi connectivity index (χ4n) is 2.41. The second-order valence-corrected chi connectivity index (χ2v) is 5.70. The van der Waals surface area contributed by atoms with E-state index in [0.717, 1.165) is 0 Å². The number of hydrogen-bond donors (Lipinski definition) is 2. The Bertz CT molecular complexity index is 851. The van der Waals surface area contributed by atoms with Crippen LogP contribution in [0.2, 0.25) is 0 Å². The third-order valence-electron chi connectivity index (χ3n) is 3.86. The highest BCUT2D eigenvalue weighted by atomic mass is 16.5. The largest absolute Gasteiger partial charge is 0.494 e. The fraction of sp³-hybridized carbons (Fsp3) is 0.250. The van der Waals surface area contributed by atoms with Gasteiger partial charge in [-0.15, -0.1) is 0 Å². The van der Waals surface area contributed by atoms with Gasteiger partial charge in [-0.2, -0.15) is 0 Å². The van der Waals surface area contributed by atoms with Crippen LogP contribution in [0.15, 0.2) is 42.5 Å². The maximum Gasteiger partial charge on any atom is 0.306 e. The van der Waals surface area contributed by atoms with Gasteiger partial charge in [-0.25, -0.2) is 0 Å².